The van der Waals surface area contributed by atoms with Crippen molar-refractivity contribution in [3.63, 3.8) is 0 Å². The summed E-state index contributed by atoms with van der Waals surface area (Å²) in [6, 6.07) is 10.6. The lowest BCUT2D eigenvalue weighted by Gasteiger charge is -2.58. The van der Waals surface area contributed by atoms with E-state index in [1.165, 1.54) is 5.56 Å². The molecule has 0 unspecified atom stereocenters. The quantitative estimate of drug-likeness (QED) is 0.620. The van der Waals surface area contributed by atoms with Gasteiger partial charge in [-0.3, -0.25) is 4.90 Å². The number of nitrogens with zero attached hydrogens (tertiary/aromatic N) is 5. The first-order valence-corrected chi connectivity index (χ1v) is 12.5. The smallest absolute Gasteiger partial charge is 0.410 e. The lowest BCUT2D eigenvalue weighted by Crippen LogP contribution is -2.64. The van der Waals surface area contributed by atoms with Crippen LogP contribution in [0.15, 0.2) is 47.6 Å². The third-order valence-electron chi connectivity index (χ3n) is 6.70. The largest absolute Gasteiger partial charge is 0.446 e. The lowest BCUT2D eigenvalue weighted by molar-refractivity contribution is -0.136. The van der Waals surface area contributed by atoms with Gasteiger partial charge >= 0.3 is 6.09 Å². The Morgan fingerprint density at radius 2 is 1.78 bits per heavy atom. The number of carbonyl (C=O) groups is 1. The topological polar surface area (TPSA) is 61.8 Å². The molecule has 1 spiro atoms. The van der Waals surface area contributed by atoms with Crippen LogP contribution >= 0.6 is 11.8 Å². The van der Waals surface area contributed by atoms with E-state index in [9.17, 15) is 4.79 Å². The highest BCUT2D eigenvalue weighted by Gasteiger charge is 2.53. The maximum atomic E-state index is 12.6. The summed E-state index contributed by atoms with van der Waals surface area (Å²) in [6.45, 7) is 8.13. The molecule has 1 aliphatic carbocycles. The molecular weight excluding hydrogens is 422 g/mol. The van der Waals surface area contributed by atoms with Crippen LogP contribution in [0.1, 0.15) is 25.3 Å². The summed E-state index contributed by atoms with van der Waals surface area (Å²) in [7, 11) is 0. The lowest BCUT2D eigenvalue weighted by atomic mass is 9.61. The Labute approximate surface area is 194 Å². The van der Waals surface area contributed by atoms with E-state index in [4.69, 9.17) is 4.74 Å². The van der Waals surface area contributed by atoms with E-state index in [0.717, 1.165) is 62.2 Å². The van der Waals surface area contributed by atoms with Gasteiger partial charge in [-0.25, -0.2) is 14.8 Å². The molecule has 0 bridgehead atoms. The van der Waals surface area contributed by atoms with E-state index in [1.807, 2.05) is 17.3 Å². The Morgan fingerprint density at radius 3 is 2.44 bits per heavy atom. The van der Waals surface area contributed by atoms with Crippen molar-refractivity contribution in [3.05, 3.63) is 48.3 Å². The van der Waals surface area contributed by atoms with Gasteiger partial charge in [-0.05, 0) is 24.2 Å². The van der Waals surface area contributed by atoms with Gasteiger partial charge in [0.1, 0.15) is 6.10 Å². The molecule has 2 aromatic rings. The Balaban J connectivity index is 1.02. The first-order valence-electron chi connectivity index (χ1n) is 11.5. The molecule has 0 radical (unpaired) electrons. The Morgan fingerprint density at radius 1 is 1.09 bits per heavy atom. The molecule has 8 heteroatoms. The summed E-state index contributed by atoms with van der Waals surface area (Å²) >= 11 is 1.74. The van der Waals surface area contributed by atoms with Gasteiger partial charge in [-0.1, -0.05) is 37.3 Å². The third-order valence-corrected chi connectivity index (χ3v) is 7.53. The van der Waals surface area contributed by atoms with Crippen molar-refractivity contribution >= 4 is 23.8 Å². The number of amides is 1. The summed E-state index contributed by atoms with van der Waals surface area (Å²) in [5.41, 5.74) is 1.74. The van der Waals surface area contributed by atoms with Crippen LogP contribution in [0.2, 0.25) is 0 Å². The second kappa shape index (κ2) is 9.27. The summed E-state index contributed by atoms with van der Waals surface area (Å²) < 4.78 is 5.81. The van der Waals surface area contributed by atoms with E-state index < -0.39 is 0 Å². The number of anilines is 1. The van der Waals surface area contributed by atoms with Crippen LogP contribution in [0.3, 0.4) is 0 Å². The Bertz CT molecular complexity index is 904. The van der Waals surface area contributed by atoms with Gasteiger partial charge in [0.2, 0.25) is 5.95 Å². The maximum absolute atomic E-state index is 12.6. The van der Waals surface area contributed by atoms with Crippen LogP contribution in [-0.2, 0) is 11.3 Å². The van der Waals surface area contributed by atoms with E-state index in [-0.39, 0.29) is 12.2 Å². The highest BCUT2D eigenvalue weighted by Crippen LogP contribution is 2.50. The second-order valence-corrected chi connectivity index (χ2v) is 10.5. The van der Waals surface area contributed by atoms with Gasteiger partial charge in [0.05, 0.1) is 0 Å². The van der Waals surface area contributed by atoms with Gasteiger partial charge in [0.25, 0.3) is 0 Å². The number of aromatic nitrogens is 2. The zero-order valence-electron chi connectivity index (χ0n) is 18.7. The van der Waals surface area contributed by atoms with Gasteiger partial charge in [0, 0.05) is 68.5 Å². The van der Waals surface area contributed by atoms with Crippen LogP contribution in [0.25, 0.3) is 0 Å². The van der Waals surface area contributed by atoms with Crippen molar-refractivity contribution < 1.29 is 9.53 Å². The van der Waals surface area contributed by atoms with Gasteiger partial charge in [-0.15, -0.1) is 11.8 Å². The molecule has 2 saturated heterocycles. The van der Waals surface area contributed by atoms with Crippen LogP contribution in [-0.4, -0.2) is 77.0 Å². The van der Waals surface area contributed by atoms with Crippen molar-refractivity contribution in [2.45, 2.75) is 37.3 Å². The number of ether oxygens (including phenoxy) is 1. The average molecular weight is 454 g/mol. The number of likely N-dealkylation sites (tertiary alicyclic amines) is 1. The molecule has 3 aliphatic rings. The normalized spacial score (nSPS) is 20.7. The molecule has 2 aliphatic heterocycles. The summed E-state index contributed by atoms with van der Waals surface area (Å²) in [5.74, 6) is 1.75. The predicted molar refractivity (Wildman–Crippen MR) is 126 cm³/mol. The maximum Gasteiger partial charge on any atom is 0.410 e. The number of piperazine rings is 1. The minimum atomic E-state index is -0.166. The molecule has 1 aromatic heterocycles. The van der Waals surface area contributed by atoms with Crippen LogP contribution in [0, 0.1) is 5.41 Å². The van der Waals surface area contributed by atoms with Crippen LogP contribution in [0.5, 0.6) is 0 Å². The Kier molecular flexibility index (Phi) is 6.24. The standard InChI is InChI=1S/C24H31N5O2S/c1-2-32-21-14-25-22(26-15-21)28-8-10-29(11-9-28)23(30)31-20-12-24(13-20)17-27(18-24)16-19-6-4-3-5-7-19/h3-7,14-15,20H,2,8-13,16-18H2,1H3. The monoisotopic (exact) mass is 453 g/mol. The first-order chi connectivity index (χ1) is 15.6. The molecule has 32 heavy (non-hydrogen) atoms. The SMILES string of the molecule is CCSc1cnc(N2CCN(C(=O)OC3CC4(C3)CN(Cc3ccccc3)C4)CC2)nc1. The minimum Gasteiger partial charge on any atom is -0.446 e. The van der Waals surface area contributed by atoms with Crippen molar-refractivity contribution in [2.75, 3.05) is 49.9 Å². The fourth-order valence-electron chi connectivity index (χ4n) is 5.12. The van der Waals surface area contributed by atoms with Gasteiger partial charge in [0.15, 0.2) is 0 Å². The predicted octanol–water partition coefficient (Wildman–Crippen LogP) is 3.51. The number of thioether (sulfide) groups is 1. The third kappa shape index (κ3) is 4.71. The van der Waals surface area contributed by atoms with Gasteiger partial charge in [-0.2, -0.15) is 0 Å². The Hall–Kier alpha value is -2.32. The fourth-order valence-corrected chi connectivity index (χ4v) is 5.71. The zero-order valence-corrected chi connectivity index (χ0v) is 19.5. The van der Waals surface area contributed by atoms with E-state index in [2.05, 4.69) is 57.0 Å². The number of benzene rings is 1. The van der Waals surface area contributed by atoms with E-state index >= 15 is 0 Å². The summed E-state index contributed by atoms with van der Waals surface area (Å²) in [5, 5.41) is 0. The van der Waals surface area contributed by atoms with E-state index in [0.29, 0.717) is 18.5 Å². The number of rotatable bonds is 6. The van der Waals surface area contributed by atoms with Gasteiger partial charge < -0.3 is 14.5 Å². The van der Waals surface area contributed by atoms with Crippen molar-refractivity contribution in [3.8, 4) is 0 Å². The molecule has 7 nitrogen and oxygen atoms in total. The molecule has 3 fully saturated rings. The van der Waals surface area contributed by atoms with Crippen molar-refractivity contribution in [2.24, 2.45) is 5.41 Å². The minimum absolute atomic E-state index is 0.0753. The first kappa shape index (κ1) is 21.5. The molecule has 1 aromatic carbocycles. The van der Waals surface area contributed by atoms with Crippen LogP contribution in [0.4, 0.5) is 10.7 Å². The molecule has 5 rings (SSSR count). The van der Waals surface area contributed by atoms with Crippen molar-refractivity contribution in [1.29, 1.82) is 0 Å². The molecule has 3 heterocycles. The average Bonchev–Trinajstić information content (AvgIpc) is 2.78. The molecule has 1 amide bonds. The zero-order chi connectivity index (χ0) is 22.0. The summed E-state index contributed by atoms with van der Waals surface area (Å²) in [4.78, 5) is 29.1. The molecule has 1 saturated carbocycles. The van der Waals surface area contributed by atoms with Crippen LogP contribution < -0.4 is 4.90 Å². The highest BCUT2D eigenvalue weighted by molar-refractivity contribution is 7.99. The highest BCUT2D eigenvalue weighted by atomic mass is 32.2. The second-order valence-electron chi connectivity index (χ2n) is 9.17. The fraction of sp³-hybridized carbons (Fsp3) is 0.542. The molecule has 0 atom stereocenters. The molecule has 170 valence electrons. The number of hydrogen-bond donors (Lipinski definition) is 0. The molecular formula is C24H31N5O2S. The molecule has 0 N–H and O–H groups in total. The van der Waals surface area contributed by atoms with E-state index in [1.54, 1.807) is 11.8 Å². The van der Waals surface area contributed by atoms with Crippen molar-refractivity contribution in [1.82, 2.24) is 19.8 Å². The number of carbonyl (C=O) groups excluding carboxylic acids is 1. The number of hydrogen-bond acceptors (Lipinski definition) is 7. The summed E-state index contributed by atoms with van der Waals surface area (Å²) in [6.07, 6.45) is 5.67.